The number of benzene rings is 2. The van der Waals surface area contributed by atoms with Gasteiger partial charge in [-0.1, -0.05) is 60.7 Å². The summed E-state index contributed by atoms with van der Waals surface area (Å²) in [4.78, 5) is 37.4. The minimum atomic E-state index is -2.51. The molecule has 0 amide bonds. The molecule has 0 unspecified atom stereocenters. The second kappa shape index (κ2) is 13.9. The Balaban J connectivity index is 1.50. The van der Waals surface area contributed by atoms with Crippen molar-refractivity contribution in [2.45, 2.75) is 44.1 Å². The fourth-order valence-corrected chi connectivity index (χ4v) is 4.54. The summed E-state index contributed by atoms with van der Waals surface area (Å²) in [5, 5.41) is 23.0. The van der Waals surface area contributed by atoms with Crippen molar-refractivity contribution in [2.24, 2.45) is 0 Å². The third-order valence-corrected chi connectivity index (χ3v) is 6.66. The smallest absolute Gasteiger partial charge is 0.348 e. The van der Waals surface area contributed by atoms with Crippen molar-refractivity contribution >= 4 is 40.5 Å². The summed E-state index contributed by atoms with van der Waals surface area (Å²) in [6.07, 6.45) is 6.04. The summed E-state index contributed by atoms with van der Waals surface area (Å²) in [7, 11) is 0. The van der Waals surface area contributed by atoms with Gasteiger partial charge in [-0.2, -0.15) is 9.97 Å². The molecule has 2 aromatic heterocycles. The van der Waals surface area contributed by atoms with E-state index in [2.05, 4.69) is 26.2 Å². The largest absolute Gasteiger partial charge is 0.479 e. The van der Waals surface area contributed by atoms with Crippen LogP contribution in [0.2, 0.25) is 5.28 Å². The molecule has 0 aliphatic rings. The number of hydrogen-bond acceptors (Lipinski definition) is 8. The van der Waals surface area contributed by atoms with Gasteiger partial charge < -0.3 is 25.0 Å². The van der Waals surface area contributed by atoms with E-state index in [9.17, 15) is 19.8 Å². The summed E-state index contributed by atoms with van der Waals surface area (Å²) in [5.74, 6) is -0.237. The molecule has 218 valence electrons. The summed E-state index contributed by atoms with van der Waals surface area (Å²) < 4.78 is 13.3. The minimum Gasteiger partial charge on any atom is -0.479 e. The fourth-order valence-electron chi connectivity index (χ4n) is 4.37. The number of nitrogens with zero attached hydrogens (tertiary/aromatic N) is 4. The van der Waals surface area contributed by atoms with E-state index in [0.717, 1.165) is 12.0 Å². The highest BCUT2D eigenvalue weighted by atomic mass is 35.5. The Kier molecular flexibility index (Phi) is 10.1. The van der Waals surface area contributed by atoms with E-state index in [4.69, 9.17) is 27.5 Å². The number of ether oxygens (including phenoxy) is 2. The van der Waals surface area contributed by atoms with E-state index < -0.39 is 29.9 Å². The molecule has 2 aromatic carbocycles. The van der Waals surface area contributed by atoms with E-state index >= 15 is 0 Å². The Labute approximate surface area is 247 Å². The number of terminal acetylenes is 1. The monoisotopic (exact) mass is 591 g/mol. The molecule has 0 aliphatic carbocycles. The van der Waals surface area contributed by atoms with Gasteiger partial charge in [-0.3, -0.25) is 4.57 Å². The molecular formula is C30H30ClN5O6. The molecule has 4 aromatic rings. The quantitative estimate of drug-likeness (QED) is 0.104. The van der Waals surface area contributed by atoms with Crippen molar-refractivity contribution < 1.29 is 29.3 Å². The molecule has 0 spiro atoms. The van der Waals surface area contributed by atoms with Gasteiger partial charge in [0.05, 0.1) is 25.5 Å². The van der Waals surface area contributed by atoms with Gasteiger partial charge in [-0.25, -0.2) is 14.6 Å². The van der Waals surface area contributed by atoms with Crippen LogP contribution in [0.1, 0.15) is 30.7 Å². The van der Waals surface area contributed by atoms with Crippen LogP contribution in [0.15, 0.2) is 67.0 Å². The second-order valence-electron chi connectivity index (χ2n) is 9.55. The average Bonchev–Trinajstić information content (AvgIpc) is 3.39. The molecule has 2 atom stereocenters. The van der Waals surface area contributed by atoms with Gasteiger partial charge >= 0.3 is 11.9 Å². The summed E-state index contributed by atoms with van der Waals surface area (Å²) in [5.41, 5.74) is -0.0239. The SMILES string of the molecule is C#CC[C@@H](O[C@@H](C)COC(Cc1ccccc1)(C(=O)O)C(=O)O)n1cnc2c(NCCc3ccccc3)nc(Cl)nc21. The number of carboxylic acid groups (broad SMARTS) is 2. The first-order valence-corrected chi connectivity index (χ1v) is 13.5. The second-order valence-corrected chi connectivity index (χ2v) is 9.89. The van der Waals surface area contributed by atoms with Crippen molar-refractivity contribution in [3.05, 3.63) is 83.4 Å². The third-order valence-electron chi connectivity index (χ3n) is 6.49. The topological polar surface area (TPSA) is 149 Å². The number of hydrogen-bond donors (Lipinski definition) is 3. The molecule has 0 saturated carbocycles. The lowest BCUT2D eigenvalue weighted by Crippen LogP contribution is -2.52. The normalized spacial score (nSPS) is 12.9. The zero-order valence-electron chi connectivity index (χ0n) is 22.8. The zero-order valence-corrected chi connectivity index (χ0v) is 23.6. The molecule has 0 saturated heterocycles. The predicted molar refractivity (Wildman–Crippen MR) is 156 cm³/mol. The number of carbonyl (C=O) groups is 2. The van der Waals surface area contributed by atoms with Crippen molar-refractivity contribution in [1.29, 1.82) is 0 Å². The van der Waals surface area contributed by atoms with Crippen LogP contribution in [0, 0.1) is 12.3 Å². The fraction of sp³-hybridized carbons (Fsp3) is 0.300. The maximum Gasteiger partial charge on any atom is 0.348 e. The highest BCUT2D eigenvalue weighted by Crippen LogP contribution is 2.27. The number of imidazole rings is 1. The molecule has 0 bridgehead atoms. The molecule has 2 heterocycles. The standard InChI is InChI=1S/C30H30ClN5O6/c1-3-10-23(42-20(2)18-41-30(27(37)38,28(39)40)17-22-13-8-5-9-14-22)36-19-33-24-25(34-29(31)35-26(24)36)32-16-15-21-11-6-4-7-12-21/h1,4-9,11-14,19-20,23H,10,15-18H2,2H3,(H,37,38)(H,39,40)(H,32,34,35)/t20-,23+/m0/s1. The van der Waals surface area contributed by atoms with E-state index in [1.807, 2.05) is 30.3 Å². The van der Waals surface area contributed by atoms with Crippen molar-refractivity contribution in [3.63, 3.8) is 0 Å². The van der Waals surface area contributed by atoms with Crippen LogP contribution in [0.3, 0.4) is 0 Å². The van der Waals surface area contributed by atoms with Gasteiger partial charge in [0, 0.05) is 13.0 Å². The summed E-state index contributed by atoms with van der Waals surface area (Å²) in [6, 6.07) is 18.4. The Morgan fingerprint density at radius 1 is 1.07 bits per heavy atom. The number of fused-ring (bicyclic) bond motifs is 1. The van der Waals surface area contributed by atoms with Gasteiger partial charge in [-0.05, 0) is 36.1 Å². The Morgan fingerprint density at radius 2 is 1.71 bits per heavy atom. The number of halogens is 1. The number of aliphatic carboxylic acids is 2. The predicted octanol–water partition coefficient (Wildman–Crippen LogP) is 4.23. The lowest BCUT2D eigenvalue weighted by Gasteiger charge is -2.28. The minimum absolute atomic E-state index is 0.00378. The number of rotatable bonds is 15. The molecule has 0 fully saturated rings. The van der Waals surface area contributed by atoms with Gasteiger partial charge in [0.1, 0.15) is 6.23 Å². The first-order valence-electron chi connectivity index (χ1n) is 13.1. The Morgan fingerprint density at radius 3 is 2.33 bits per heavy atom. The van der Waals surface area contributed by atoms with Gasteiger partial charge in [0.25, 0.3) is 5.60 Å². The van der Waals surface area contributed by atoms with Crippen LogP contribution >= 0.6 is 11.6 Å². The maximum atomic E-state index is 12.1. The van der Waals surface area contributed by atoms with Crippen LogP contribution in [-0.4, -0.2) is 66.5 Å². The van der Waals surface area contributed by atoms with Gasteiger partial charge in [0.2, 0.25) is 5.28 Å². The summed E-state index contributed by atoms with van der Waals surface area (Å²) in [6.45, 7) is 1.86. The average molecular weight is 592 g/mol. The van der Waals surface area contributed by atoms with E-state index in [0.29, 0.717) is 29.1 Å². The zero-order chi connectivity index (χ0) is 30.1. The molecule has 0 radical (unpaired) electrons. The lowest BCUT2D eigenvalue weighted by molar-refractivity contribution is -0.189. The number of nitrogens with one attached hydrogen (secondary N) is 1. The van der Waals surface area contributed by atoms with Crippen molar-refractivity contribution in [2.75, 3.05) is 18.5 Å². The Hall–Kier alpha value is -4.50. The maximum absolute atomic E-state index is 12.1. The summed E-state index contributed by atoms with van der Waals surface area (Å²) >= 11 is 6.25. The van der Waals surface area contributed by atoms with Crippen LogP contribution < -0.4 is 5.32 Å². The highest BCUT2D eigenvalue weighted by Gasteiger charge is 2.48. The van der Waals surface area contributed by atoms with E-state index in [1.54, 1.807) is 41.8 Å². The van der Waals surface area contributed by atoms with Gasteiger partial charge in [-0.15, -0.1) is 12.3 Å². The molecular weight excluding hydrogens is 562 g/mol. The number of anilines is 1. The Bertz CT molecular complexity index is 1540. The highest BCUT2D eigenvalue weighted by molar-refractivity contribution is 6.28. The van der Waals surface area contributed by atoms with Crippen LogP contribution in [0.4, 0.5) is 5.82 Å². The first kappa shape index (κ1) is 30.5. The third kappa shape index (κ3) is 7.22. The molecule has 11 nitrogen and oxygen atoms in total. The van der Waals surface area contributed by atoms with Crippen LogP contribution in [0.25, 0.3) is 11.2 Å². The first-order chi connectivity index (χ1) is 20.2. The molecule has 0 aliphatic heterocycles. The van der Waals surface area contributed by atoms with Crippen molar-refractivity contribution in [1.82, 2.24) is 19.5 Å². The molecule has 12 heteroatoms. The molecule has 4 rings (SSSR count). The van der Waals surface area contributed by atoms with Crippen LogP contribution in [0.5, 0.6) is 0 Å². The molecule has 3 N–H and O–H groups in total. The number of aromatic nitrogens is 4. The van der Waals surface area contributed by atoms with Gasteiger partial charge in [0.15, 0.2) is 17.0 Å². The molecule has 42 heavy (non-hydrogen) atoms. The van der Waals surface area contributed by atoms with E-state index in [1.165, 1.54) is 6.33 Å². The lowest BCUT2D eigenvalue weighted by atomic mass is 9.94. The number of carboxylic acids is 2. The van der Waals surface area contributed by atoms with Crippen LogP contribution in [-0.2, 0) is 31.9 Å². The van der Waals surface area contributed by atoms with Crippen molar-refractivity contribution in [3.8, 4) is 12.3 Å². The van der Waals surface area contributed by atoms with E-state index in [-0.39, 0.29) is 24.7 Å².